The molecular formula is C25H23Cl2N3O3. The molecule has 8 heteroatoms. The second kappa shape index (κ2) is 9.38. The van der Waals surface area contributed by atoms with Gasteiger partial charge in [-0.05, 0) is 48.2 Å². The lowest BCUT2D eigenvalue weighted by molar-refractivity contribution is -0.116. The maximum Gasteiger partial charge on any atom is 0.161 e. The van der Waals surface area contributed by atoms with Gasteiger partial charge in [0, 0.05) is 24.7 Å². The summed E-state index contributed by atoms with van der Waals surface area (Å²) in [4.78, 5) is 14.7. The van der Waals surface area contributed by atoms with E-state index in [1.807, 2.05) is 12.1 Å². The second-order valence-electron chi connectivity index (χ2n) is 7.99. The zero-order valence-corrected chi connectivity index (χ0v) is 19.8. The van der Waals surface area contributed by atoms with E-state index in [-0.39, 0.29) is 12.4 Å². The third kappa shape index (κ3) is 4.27. The second-order valence-corrected chi connectivity index (χ2v) is 8.80. The van der Waals surface area contributed by atoms with Gasteiger partial charge in [0.2, 0.25) is 0 Å². The minimum Gasteiger partial charge on any atom is -0.493 e. The van der Waals surface area contributed by atoms with Gasteiger partial charge in [0.1, 0.15) is 12.4 Å². The van der Waals surface area contributed by atoms with Crippen molar-refractivity contribution in [3.8, 4) is 17.6 Å². The van der Waals surface area contributed by atoms with Crippen LogP contribution in [0.5, 0.6) is 11.5 Å². The summed E-state index contributed by atoms with van der Waals surface area (Å²) in [6.45, 7) is 0.269. The highest BCUT2D eigenvalue weighted by Gasteiger charge is 2.38. The van der Waals surface area contributed by atoms with Crippen LogP contribution >= 0.6 is 23.2 Å². The van der Waals surface area contributed by atoms with Crippen LogP contribution in [-0.4, -0.2) is 24.8 Å². The Morgan fingerprint density at radius 3 is 2.64 bits per heavy atom. The molecule has 0 radical (unpaired) electrons. The van der Waals surface area contributed by atoms with Crippen LogP contribution in [0.1, 0.15) is 36.3 Å². The van der Waals surface area contributed by atoms with E-state index in [2.05, 4.69) is 6.07 Å². The van der Waals surface area contributed by atoms with Crippen molar-refractivity contribution in [3.05, 3.63) is 80.2 Å². The van der Waals surface area contributed by atoms with Crippen molar-refractivity contribution in [2.24, 2.45) is 5.73 Å². The number of benzene rings is 2. The Morgan fingerprint density at radius 1 is 1.15 bits per heavy atom. The quantitative estimate of drug-likeness (QED) is 0.619. The molecule has 0 fully saturated rings. The van der Waals surface area contributed by atoms with E-state index in [1.165, 1.54) is 0 Å². The van der Waals surface area contributed by atoms with Gasteiger partial charge < -0.3 is 20.1 Å². The topological polar surface area (TPSA) is 88.6 Å². The Balaban J connectivity index is 1.69. The number of hydrogen-bond acceptors (Lipinski definition) is 6. The number of carbonyl (C=O) groups excluding carboxylic acids is 1. The normalized spacial score (nSPS) is 18.2. The predicted molar refractivity (Wildman–Crippen MR) is 127 cm³/mol. The Labute approximate surface area is 202 Å². The lowest BCUT2D eigenvalue weighted by Crippen LogP contribution is -2.36. The van der Waals surface area contributed by atoms with Crippen LogP contribution in [0.15, 0.2) is 59.1 Å². The van der Waals surface area contributed by atoms with Gasteiger partial charge in [-0.2, -0.15) is 5.26 Å². The van der Waals surface area contributed by atoms with E-state index in [1.54, 1.807) is 43.3 Å². The Bertz CT molecular complexity index is 1230. The Morgan fingerprint density at radius 2 is 1.94 bits per heavy atom. The molecule has 0 amide bonds. The minimum atomic E-state index is -0.535. The first-order chi connectivity index (χ1) is 15.8. The average molecular weight is 484 g/mol. The number of ketones is 1. The van der Waals surface area contributed by atoms with Crippen molar-refractivity contribution in [2.75, 3.05) is 14.2 Å². The number of nitriles is 1. The number of hydrogen-bond donors (Lipinski definition) is 1. The molecule has 2 N–H and O–H groups in total. The summed E-state index contributed by atoms with van der Waals surface area (Å²) in [6, 6.07) is 13.0. The van der Waals surface area contributed by atoms with Crippen molar-refractivity contribution >= 4 is 29.0 Å². The molecule has 0 saturated heterocycles. The number of ether oxygens (including phenoxy) is 2. The molecule has 0 spiro atoms. The molecule has 2 aromatic rings. The molecule has 1 aliphatic heterocycles. The molecule has 0 aromatic heterocycles. The summed E-state index contributed by atoms with van der Waals surface area (Å²) < 4.78 is 11.5. The van der Waals surface area contributed by atoms with Crippen LogP contribution in [-0.2, 0) is 11.4 Å². The first kappa shape index (κ1) is 23.0. The van der Waals surface area contributed by atoms with Gasteiger partial charge in [-0.15, -0.1) is 0 Å². The van der Waals surface area contributed by atoms with Crippen molar-refractivity contribution < 1.29 is 14.3 Å². The van der Waals surface area contributed by atoms with Gasteiger partial charge in [0.05, 0.1) is 34.7 Å². The van der Waals surface area contributed by atoms with Crippen molar-refractivity contribution in [3.63, 3.8) is 0 Å². The van der Waals surface area contributed by atoms with E-state index in [0.717, 1.165) is 29.7 Å². The molecule has 170 valence electrons. The lowest BCUT2D eigenvalue weighted by atomic mass is 9.76. The lowest BCUT2D eigenvalue weighted by Gasteiger charge is -2.37. The third-order valence-corrected chi connectivity index (χ3v) is 6.81. The van der Waals surface area contributed by atoms with Crippen LogP contribution in [0.3, 0.4) is 0 Å². The Kier molecular flexibility index (Phi) is 6.55. The summed E-state index contributed by atoms with van der Waals surface area (Å²) in [5.74, 6) is 0.904. The third-order valence-electron chi connectivity index (χ3n) is 6.07. The number of halogens is 2. The smallest absolute Gasteiger partial charge is 0.161 e. The molecule has 6 nitrogen and oxygen atoms in total. The number of methoxy groups -OCH3 is 1. The highest BCUT2D eigenvalue weighted by molar-refractivity contribution is 6.42. The largest absolute Gasteiger partial charge is 0.493 e. The number of allylic oxidation sites excluding steroid dienone is 3. The zero-order chi connectivity index (χ0) is 23.7. The molecule has 1 aliphatic carbocycles. The van der Waals surface area contributed by atoms with Crippen LogP contribution < -0.4 is 15.2 Å². The van der Waals surface area contributed by atoms with Gasteiger partial charge in [-0.25, -0.2) is 0 Å². The monoisotopic (exact) mass is 483 g/mol. The highest BCUT2D eigenvalue weighted by Crippen LogP contribution is 2.45. The summed E-state index contributed by atoms with van der Waals surface area (Å²) in [6.07, 6.45) is 1.98. The maximum absolute atomic E-state index is 12.9. The Hall–Kier alpha value is -3.14. The number of carbonyl (C=O) groups is 1. The van der Waals surface area contributed by atoms with E-state index in [0.29, 0.717) is 44.9 Å². The zero-order valence-electron chi connectivity index (χ0n) is 18.3. The molecule has 0 saturated carbocycles. The molecule has 4 rings (SSSR count). The van der Waals surface area contributed by atoms with Crippen LogP contribution in [0.25, 0.3) is 0 Å². The molecule has 1 atom stereocenters. The van der Waals surface area contributed by atoms with Crippen LogP contribution in [0.4, 0.5) is 0 Å². The molecule has 1 heterocycles. The fourth-order valence-corrected chi connectivity index (χ4v) is 4.69. The van der Waals surface area contributed by atoms with Crippen LogP contribution in [0.2, 0.25) is 10.0 Å². The summed E-state index contributed by atoms with van der Waals surface area (Å²) >= 11 is 12.1. The molecule has 0 bridgehead atoms. The van der Waals surface area contributed by atoms with Gasteiger partial charge in [0.15, 0.2) is 17.3 Å². The molecular weight excluding hydrogens is 461 g/mol. The van der Waals surface area contributed by atoms with Gasteiger partial charge in [-0.3, -0.25) is 4.79 Å². The summed E-state index contributed by atoms with van der Waals surface area (Å²) in [5, 5.41) is 10.8. The average Bonchev–Trinajstić information content (AvgIpc) is 2.82. The number of rotatable bonds is 5. The van der Waals surface area contributed by atoms with Crippen molar-refractivity contribution in [2.45, 2.75) is 31.8 Å². The predicted octanol–water partition coefficient (Wildman–Crippen LogP) is 5.31. The van der Waals surface area contributed by atoms with Crippen molar-refractivity contribution in [1.29, 1.82) is 5.26 Å². The first-order valence-corrected chi connectivity index (χ1v) is 11.3. The fraction of sp³-hybridized carbons (Fsp3) is 0.280. The maximum atomic E-state index is 12.9. The number of Topliss-reactive ketones (excluding diaryl/α,β-unsaturated/α-hetero) is 1. The standard InChI is InChI=1S/C25H23Cl2N3O3/c1-30-19-4-3-5-20(31)24(19)23(16(12-28)25(30)29)15-7-9-21(22(11-15)32-2)33-13-14-6-8-17(26)18(27)10-14/h6-11,23H,3-5,13,29H2,1-2H3/t23-/m0/s1. The van der Waals surface area contributed by atoms with E-state index in [9.17, 15) is 10.1 Å². The first-order valence-electron chi connectivity index (χ1n) is 10.5. The van der Waals surface area contributed by atoms with Gasteiger partial charge in [-0.1, -0.05) is 35.3 Å². The van der Waals surface area contributed by atoms with E-state index >= 15 is 0 Å². The van der Waals surface area contributed by atoms with Gasteiger partial charge >= 0.3 is 0 Å². The fourth-order valence-electron chi connectivity index (χ4n) is 4.37. The van der Waals surface area contributed by atoms with Crippen molar-refractivity contribution in [1.82, 2.24) is 4.90 Å². The summed E-state index contributed by atoms with van der Waals surface area (Å²) in [5.41, 5.74) is 9.80. The van der Waals surface area contributed by atoms with Crippen LogP contribution in [0, 0.1) is 11.3 Å². The summed E-state index contributed by atoms with van der Waals surface area (Å²) in [7, 11) is 3.35. The van der Waals surface area contributed by atoms with E-state index in [4.69, 9.17) is 38.4 Å². The number of nitrogens with zero attached hydrogens (tertiary/aromatic N) is 2. The van der Waals surface area contributed by atoms with E-state index < -0.39 is 5.92 Å². The molecule has 2 aliphatic rings. The minimum absolute atomic E-state index is 0.0484. The molecule has 33 heavy (non-hydrogen) atoms. The SMILES string of the molecule is COc1cc([C@H]2C(C#N)=C(N)N(C)C3=C2C(=O)CCC3)ccc1OCc1ccc(Cl)c(Cl)c1. The number of nitrogens with two attached hydrogens (primary N) is 1. The highest BCUT2D eigenvalue weighted by atomic mass is 35.5. The molecule has 0 unspecified atom stereocenters. The molecule has 2 aromatic carbocycles. The van der Waals surface area contributed by atoms with Gasteiger partial charge in [0.25, 0.3) is 0 Å².